The molecule has 0 radical (unpaired) electrons. The van der Waals surface area contributed by atoms with E-state index in [-0.39, 0.29) is 5.82 Å². The van der Waals surface area contributed by atoms with Gasteiger partial charge < -0.3 is 5.32 Å². The zero-order valence-electron chi connectivity index (χ0n) is 12.7. The van der Waals surface area contributed by atoms with Crippen LogP contribution >= 0.6 is 0 Å². The van der Waals surface area contributed by atoms with E-state index >= 15 is 0 Å². The second kappa shape index (κ2) is 8.41. The molecule has 1 atom stereocenters. The average Bonchev–Trinajstić information content (AvgIpc) is 2.94. The van der Waals surface area contributed by atoms with Crippen molar-refractivity contribution in [2.45, 2.75) is 51.9 Å². The fraction of sp³-hybridized carbons (Fsp3) is 0.667. The minimum atomic E-state index is -0.134. The Morgan fingerprint density at radius 2 is 1.90 bits per heavy atom. The largest absolute Gasteiger partial charge is 0.316 e. The van der Waals surface area contributed by atoms with Crippen LogP contribution in [0.15, 0.2) is 24.3 Å². The van der Waals surface area contributed by atoms with Crippen molar-refractivity contribution < 1.29 is 4.39 Å². The zero-order chi connectivity index (χ0) is 14.2. The Morgan fingerprint density at radius 3 is 2.55 bits per heavy atom. The lowest BCUT2D eigenvalue weighted by Gasteiger charge is -2.21. The molecule has 2 rings (SSSR count). The third-order valence-electron chi connectivity index (χ3n) is 4.44. The Labute approximate surface area is 123 Å². The van der Waals surface area contributed by atoms with E-state index < -0.39 is 0 Å². The first kappa shape index (κ1) is 15.5. The fourth-order valence-corrected chi connectivity index (χ4v) is 3.39. The van der Waals surface area contributed by atoms with Crippen LogP contribution in [-0.4, -0.2) is 13.1 Å². The molecule has 1 aromatic carbocycles. The van der Waals surface area contributed by atoms with Gasteiger partial charge in [-0.15, -0.1) is 0 Å². The minimum absolute atomic E-state index is 0.134. The molecule has 1 saturated carbocycles. The Balaban J connectivity index is 1.88. The molecule has 20 heavy (non-hydrogen) atoms. The summed E-state index contributed by atoms with van der Waals surface area (Å²) in [4.78, 5) is 0. The van der Waals surface area contributed by atoms with E-state index in [0.29, 0.717) is 5.92 Å². The Hall–Kier alpha value is -0.890. The van der Waals surface area contributed by atoms with Crippen molar-refractivity contribution in [2.75, 3.05) is 13.1 Å². The standard InChI is InChI=1S/C18H28FN/c1-2-11-20-14-17(12-15-5-3-4-6-15)13-16-7-9-18(19)10-8-16/h7-10,15,17,20H,2-6,11-14H2,1H3. The molecule has 0 amide bonds. The lowest BCUT2D eigenvalue weighted by molar-refractivity contribution is 0.357. The number of halogens is 1. The van der Waals surface area contributed by atoms with Crippen molar-refractivity contribution in [1.82, 2.24) is 5.32 Å². The Bertz CT molecular complexity index is 368. The van der Waals surface area contributed by atoms with E-state index in [1.54, 1.807) is 12.1 Å². The van der Waals surface area contributed by atoms with Crippen LogP contribution in [0.1, 0.15) is 51.0 Å². The van der Waals surface area contributed by atoms with E-state index in [2.05, 4.69) is 12.2 Å². The number of benzene rings is 1. The maximum Gasteiger partial charge on any atom is 0.123 e. The highest BCUT2D eigenvalue weighted by molar-refractivity contribution is 5.16. The molecular weight excluding hydrogens is 249 g/mol. The molecule has 0 heterocycles. The van der Waals surface area contributed by atoms with Gasteiger partial charge in [0.15, 0.2) is 0 Å². The van der Waals surface area contributed by atoms with Gasteiger partial charge in [-0.1, -0.05) is 44.7 Å². The summed E-state index contributed by atoms with van der Waals surface area (Å²) in [7, 11) is 0. The molecular formula is C18H28FN. The first-order chi connectivity index (χ1) is 9.78. The predicted molar refractivity (Wildman–Crippen MR) is 83.3 cm³/mol. The van der Waals surface area contributed by atoms with Crippen LogP contribution in [0, 0.1) is 17.7 Å². The van der Waals surface area contributed by atoms with Gasteiger partial charge in [-0.2, -0.15) is 0 Å². The van der Waals surface area contributed by atoms with Crippen LogP contribution in [0.4, 0.5) is 4.39 Å². The molecule has 112 valence electrons. The predicted octanol–water partition coefficient (Wildman–Crippen LogP) is 4.56. The summed E-state index contributed by atoms with van der Waals surface area (Å²) in [6.45, 7) is 4.41. The van der Waals surface area contributed by atoms with Gasteiger partial charge in [0.25, 0.3) is 0 Å². The van der Waals surface area contributed by atoms with Crippen molar-refractivity contribution in [1.29, 1.82) is 0 Å². The third kappa shape index (κ3) is 5.24. The van der Waals surface area contributed by atoms with Gasteiger partial charge in [-0.25, -0.2) is 4.39 Å². The molecule has 0 saturated heterocycles. The number of nitrogens with one attached hydrogen (secondary N) is 1. The summed E-state index contributed by atoms with van der Waals surface area (Å²) < 4.78 is 13.0. The summed E-state index contributed by atoms with van der Waals surface area (Å²) in [5, 5.41) is 3.57. The van der Waals surface area contributed by atoms with Crippen molar-refractivity contribution in [3.05, 3.63) is 35.6 Å². The summed E-state index contributed by atoms with van der Waals surface area (Å²) >= 11 is 0. The van der Waals surface area contributed by atoms with Gasteiger partial charge in [0, 0.05) is 0 Å². The minimum Gasteiger partial charge on any atom is -0.316 e. The molecule has 0 bridgehead atoms. The van der Waals surface area contributed by atoms with Crippen molar-refractivity contribution in [3.8, 4) is 0 Å². The molecule has 0 aromatic heterocycles. The quantitative estimate of drug-likeness (QED) is 0.687. The van der Waals surface area contributed by atoms with Crippen molar-refractivity contribution in [2.24, 2.45) is 11.8 Å². The molecule has 1 N–H and O–H groups in total. The smallest absolute Gasteiger partial charge is 0.123 e. The fourth-order valence-electron chi connectivity index (χ4n) is 3.39. The van der Waals surface area contributed by atoms with Crippen LogP contribution < -0.4 is 5.32 Å². The van der Waals surface area contributed by atoms with Gasteiger partial charge in [0.05, 0.1) is 0 Å². The van der Waals surface area contributed by atoms with Gasteiger partial charge in [0.1, 0.15) is 5.82 Å². The first-order valence-corrected chi connectivity index (χ1v) is 8.23. The highest BCUT2D eigenvalue weighted by Gasteiger charge is 2.20. The van der Waals surface area contributed by atoms with E-state index in [1.807, 2.05) is 12.1 Å². The van der Waals surface area contributed by atoms with Crippen molar-refractivity contribution >= 4 is 0 Å². The SMILES string of the molecule is CCCNCC(Cc1ccc(F)cc1)CC1CCCC1. The van der Waals surface area contributed by atoms with Gasteiger partial charge in [-0.05, 0) is 61.9 Å². The molecule has 1 nitrogen and oxygen atoms in total. The summed E-state index contributed by atoms with van der Waals surface area (Å²) in [5.41, 5.74) is 1.27. The Kier molecular flexibility index (Phi) is 6.52. The zero-order valence-corrected chi connectivity index (χ0v) is 12.7. The van der Waals surface area contributed by atoms with Crippen LogP contribution in [0.2, 0.25) is 0 Å². The molecule has 0 spiro atoms. The molecule has 1 aliphatic rings. The van der Waals surface area contributed by atoms with Gasteiger partial charge in [-0.3, -0.25) is 0 Å². The number of hydrogen-bond donors (Lipinski definition) is 1. The van der Waals surface area contributed by atoms with Gasteiger partial charge in [0.2, 0.25) is 0 Å². The summed E-state index contributed by atoms with van der Waals surface area (Å²) in [6, 6.07) is 7.05. The maximum absolute atomic E-state index is 13.0. The van der Waals surface area contributed by atoms with E-state index in [1.165, 1.54) is 44.1 Å². The second-order valence-electron chi connectivity index (χ2n) is 6.29. The third-order valence-corrected chi connectivity index (χ3v) is 4.44. The first-order valence-electron chi connectivity index (χ1n) is 8.23. The highest BCUT2D eigenvalue weighted by atomic mass is 19.1. The molecule has 1 aromatic rings. The van der Waals surface area contributed by atoms with Crippen LogP contribution in [0.3, 0.4) is 0 Å². The molecule has 0 aliphatic heterocycles. The molecule has 2 heteroatoms. The van der Waals surface area contributed by atoms with Crippen LogP contribution in [-0.2, 0) is 6.42 Å². The molecule has 1 fully saturated rings. The van der Waals surface area contributed by atoms with Crippen LogP contribution in [0.5, 0.6) is 0 Å². The second-order valence-corrected chi connectivity index (χ2v) is 6.29. The lowest BCUT2D eigenvalue weighted by Crippen LogP contribution is -2.26. The van der Waals surface area contributed by atoms with E-state index in [0.717, 1.165) is 25.4 Å². The maximum atomic E-state index is 13.0. The lowest BCUT2D eigenvalue weighted by atomic mass is 9.88. The average molecular weight is 277 g/mol. The Morgan fingerprint density at radius 1 is 1.20 bits per heavy atom. The topological polar surface area (TPSA) is 12.0 Å². The molecule has 1 unspecified atom stereocenters. The van der Waals surface area contributed by atoms with Crippen LogP contribution in [0.25, 0.3) is 0 Å². The molecule has 1 aliphatic carbocycles. The van der Waals surface area contributed by atoms with E-state index in [4.69, 9.17) is 0 Å². The summed E-state index contributed by atoms with van der Waals surface area (Å²) in [5.74, 6) is 1.48. The van der Waals surface area contributed by atoms with E-state index in [9.17, 15) is 4.39 Å². The highest BCUT2D eigenvalue weighted by Crippen LogP contribution is 2.31. The monoisotopic (exact) mass is 277 g/mol. The number of hydrogen-bond acceptors (Lipinski definition) is 1. The summed E-state index contributed by atoms with van der Waals surface area (Å²) in [6.07, 6.45) is 9.24. The van der Waals surface area contributed by atoms with Gasteiger partial charge >= 0.3 is 0 Å². The normalized spacial score (nSPS) is 17.5. The van der Waals surface area contributed by atoms with Crippen molar-refractivity contribution in [3.63, 3.8) is 0 Å². The number of rotatable bonds is 8.